The smallest absolute Gasteiger partial charge is 0.261 e. The standard InChI is InChI=1S/C25H31FN4O3S/c1-3-8-29-9-6-20(7-10-29)34-16-23-27-22-14-19(13-21(26)24(22)25(32)28-23)33-15-18-4-11-30(12-5-18)17(2)31/h1,13-14,18,20H,4-12,15-16H2,2H3,(H,27,28,32). The van der Waals surface area contributed by atoms with E-state index in [1.54, 1.807) is 24.8 Å². The molecule has 4 rings (SSSR count). The van der Waals surface area contributed by atoms with Crippen molar-refractivity contribution in [2.45, 2.75) is 43.6 Å². The lowest BCUT2D eigenvalue weighted by Gasteiger charge is -2.31. The Morgan fingerprint density at radius 3 is 2.68 bits per heavy atom. The number of hydrogen-bond donors (Lipinski definition) is 1. The zero-order valence-corrected chi connectivity index (χ0v) is 20.3. The highest BCUT2D eigenvalue weighted by atomic mass is 32.2. The molecular weight excluding hydrogens is 455 g/mol. The Morgan fingerprint density at radius 2 is 2.00 bits per heavy atom. The third-order valence-electron chi connectivity index (χ3n) is 6.63. The molecule has 2 fully saturated rings. The monoisotopic (exact) mass is 486 g/mol. The van der Waals surface area contributed by atoms with Crippen molar-refractivity contribution >= 4 is 28.6 Å². The number of aromatic amines is 1. The summed E-state index contributed by atoms with van der Waals surface area (Å²) in [5, 5.41) is 0.439. The number of fused-ring (bicyclic) bond motifs is 1. The first-order chi connectivity index (χ1) is 16.4. The third-order valence-corrected chi connectivity index (χ3v) is 8.02. The van der Waals surface area contributed by atoms with Gasteiger partial charge >= 0.3 is 0 Å². The van der Waals surface area contributed by atoms with Crippen LogP contribution in [-0.4, -0.2) is 70.3 Å². The minimum absolute atomic E-state index is 0.0431. The molecule has 1 amide bonds. The zero-order valence-electron chi connectivity index (χ0n) is 19.5. The molecule has 0 spiro atoms. The summed E-state index contributed by atoms with van der Waals surface area (Å²) in [7, 11) is 0. The van der Waals surface area contributed by atoms with Crippen LogP contribution < -0.4 is 10.3 Å². The number of terminal acetylenes is 1. The molecule has 0 saturated carbocycles. The first-order valence-electron chi connectivity index (χ1n) is 11.8. The molecule has 2 aromatic rings. The van der Waals surface area contributed by atoms with E-state index in [1.165, 1.54) is 6.07 Å². The number of thioether (sulfide) groups is 1. The van der Waals surface area contributed by atoms with Crippen molar-refractivity contribution in [2.75, 3.05) is 39.3 Å². The molecule has 1 N–H and O–H groups in total. The van der Waals surface area contributed by atoms with Gasteiger partial charge < -0.3 is 14.6 Å². The van der Waals surface area contributed by atoms with Crippen LogP contribution >= 0.6 is 11.8 Å². The summed E-state index contributed by atoms with van der Waals surface area (Å²) in [6.07, 6.45) is 9.20. The summed E-state index contributed by atoms with van der Waals surface area (Å²) in [5.74, 6) is 3.93. The van der Waals surface area contributed by atoms with E-state index in [2.05, 4.69) is 20.8 Å². The van der Waals surface area contributed by atoms with Gasteiger partial charge in [-0.05, 0) is 31.6 Å². The van der Waals surface area contributed by atoms with Crippen LogP contribution in [-0.2, 0) is 10.5 Å². The number of likely N-dealkylation sites (tertiary alicyclic amines) is 2. The number of H-pyrrole nitrogens is 1. The maximum absolute atomic E-state index is 14.7. The molecule has 3 heterocycles. The number of nitrogens with one attached hydrogen (secondary N) is 1. The fraction of sp³-hybridized carbons (Fsp3) is 0.560. The van der Waals surface area contributed by atoms with Crippen molar-refractivity contribution in [3.63, 3.8) is 0 Å². The summed E-state index contributed by atoms with van der Waals surface area (Å²) in [4.78, 5) is 35.4. The van der Waals surface area contributed by atoms with E-state index in [4.69, 9.17) is 11.2 Å². The molecule has 1 aromatic carbocycles. The first kappa shape index (κ1) is 24.6. The topological polar surface area (TPSA) is 78.5 Å². The molecule has 2 saturated heterocycles. The predicted octanol–water partition coefficient (Wildman–Crippen LogP) is 3.03. The van der Waals surface area contributed by atoms with Crippen LogP contribution in [0.5, 0.6) is 5.75 Å². The fourth-order valence-corrected chi connectivity index (χ4v) is 5.66. The van der Waals surface area contributed by atoms with Crippen LogP contribution in [0.2, 0.25) is 0 Å². The van der Waals surface area contributed by atoms with Crippen molar-refractivity contribution < 1.29 is 13.9 Å². The minimum Gasteiger partial charge on any atom is -0.493 e. The average Bonchev–Trinajstić information content (AvgIpc) is 2.82. The van der Waals surface area contributed by atoms with E-state index in [0.717, 1.165) is 51.9 Å². The molecule has 2 aliphatic rings. The van der Waals surface area contributed by atoms with Gasteiger partial charge in [0.1, 0.15) is 22.8 Å². The number of nitrogens with zero attached hydrogens (tertiary/aromatic N) is 3. The summed E-state index contributed by atoms with van der Waals surface area (Å²) in [5.41, 5.74) is -0.158. The summed E-state index contributed by atoms with van der Waals surface area (Å²) in [6.45, 7) is 6.10. The highest BCUT2D eigenvalue weighted by Crippen LogP contribution is 2.27. The van der Waals surface area contributed by atoms with E-state index in [0.29, 0.717) is 47.2 Å². The number of rotatable bonds is 7. The highest BCUT2D eigenvalue weighted by molar-refractivity contribution is 7.99. The van der Waals surface area contributed by atoms with Gasteiger partial charge in [0.05, 0.1) is 24.4 Å². The lowest BCUT2D eigenvalue weighted by Crippen LogP contribution is -2.38. The maximum atomic E-state index is 14.7. The molecule has 9 heteroatoms. The number of ether oxygens (including phenoxy) is 1. The van der Waals surface area contributed by atoms with Gasteiger partial charge in [-0.25, -0.2) is 9.37 Å². The van der Waals surface area contributed by atoms with Crippen molar-refractivity contribution in [2.24, 2.45) is 5.92 Å². The molecule has 0 atom stereocenters. The number of amides is 1. The lowest BCUT2D eigenvalue weighted by molar-refractivity contribution is -0.130. The van der Waals surface area contributed by atoms with Crippen LogP contribution in [0.4, 0.5) is 4.39 Å². The molecule has 34 heavy (non-hydrogen) atoms. The Balaban J connectivity index is 1.37. The van der Waals surface area contributed by atoms with Crippen molar-refractivity contribution in [1.82, 2.24) is 19.8 Å². The number of piperidine rings is 2. The van der Waals surface area contributed by atoms with Crippen LogP contribution in [0.25, 0.3) is 10.9 Å². The number of aromatic nitrogens is 2. The molecule has 182 valence electrons. The summed E-state index contributed by atoms with van der Waals surface area (Å²) < 4.78 is 20.6. The normalized spacial score (nSPS) is 18.2. The number of carbonyl (C=O) groups excluding carboxylic acids is 1. The number of benzene rings is 1. The molecule has 1 aromatic heterocycles. The number of halogens is 1. The Labute approximate surface area is 203 Å². The molecular formula is C25H31FN4O3S. The van der Waals surface area contributed by atoms with E-state index in [1.807, 2.05) is 4.90 Å². The van der Waals surface area contributed by atoms with Gasteiger partial charge in [-0.3, -0.25) is 14.5 Å². The molecule has 0 radical (unpaired) electrons. The van der Waals surface area contributed by atoms with E-state index < -0.39 is 11.4 Å². The Bertz CT molecular complexity index is 1120. The Hall–Kier alpha value is -2.57. The van der Waals surface area contributed by atoms with Gasteiger partial charge in [0.25, 0.3) is 5.56 Å². The van der Waals surface area contributed by atoms with Crippen LogP contribution in [0.15, 0.2) is 16.9 Å². The van der Waals surface area contributed by atoms with Gasteiger partial charge in [0, 0.05) is 50.5 Å². The second-order valence-corrected chi connectivity index (χ2v) is 10.4. The first-order valence-corrected chi connectivity index (χ1v) is 12.9. The third kappa shape index (κ3) is 6.10. The van der Waals surface area contributed by atoms with Gasteiger partial charge in [-0.1, -0.05) is 5.92 Å². The molecule has 0 unspecified atom stereocenters. The van der Waals surface area contributed by atoms with Gasteiger partial charge in [-0.15, -0.1) is 6.42 Å². The van der Waals surface area contributed by atoms with Gasteiger partial charge in [-0.2, -0.15) is 11.8 Å². The maximum Gasteiger partial charge on any atom is 0.261 e. The largest absolute Gasteiger partial charge is 0.493 e. The fourth-order valence-electron chi connectivity index (χ4n) is 4.59. The summed E-state index contributed by atoms with van der Waals surface area (Å²) >= 11 is 1.76. The molecule has 0 aliphatic carbocycles. The van der Waals surface area contributed by atoms with E-state index >= 15 is 0 Å². The molecule has 0 bridgehead atoms. The average molecular weight is 487 g/mol. The number of carbonyl (C=O) groups is 1. The Kier molecular flexibility index (Phi) is 8.11. The van der Waals surface area contributed by atoms with Crippen molar-refractivity contribution in [3.05, 3.63) is 34.1 Å². The second-order valence-electron chi connectivity index (χ2n) is 9.06. The zero-order chi connectivity index (χ0) is 24.1. The SMILES string of the molecule is C#CCN1CCC(SCc2nc3cc(OCC4CCN(C(C)=O)CC4)cc(F)c3c(=O)[nH]2)CC1. The van der Waals surface area contributed by atoms with Crippen LogP contribution in [0, 0.1) is 24.1 Å². The van der Waals surface area contributed by atoms with E-state index in [9.17, 15) is 14.0 Å². The van der Waals surface area contributed by atoms with Gasteiger partial charge in [0.15, 0.2) is 0 Å². The molecule has 2 aliphatic heterocycles. The Morgan fingerprint density at radius 1 is 1.26 bits per heavy atom. The second kappa shape index (κ2) is 11.2. The van der Waals surface area contributed by atoms with Crippen LogP contribution in [0.1, 0.15) is 38.4 Å². The minimum atomic E-state index is -0.632. The number of hydrogen-bond acceptors (Lipinski definition) is 6. The van der Waals surface area contributed by atoms with E-state index in [-0.39, 0.29) is 11.3 Å². The predicted molar refractivity (Wildman–Crippen MR) is 132 cm³/mol. The quantitative estimate of drug-likeness (QED) is 0.606. The van der Waals surface area contributed by atoms with Crippen LogP contribution in [0.3, 0.4) is 0 Å². The summed E-state index contributed by atoms with van der Waals surface area (Å²) in [6, 6.07) is 2.90. The van der Waals surface area contributed by atoms with Crippen molar-refractivity contribution in [3.8, 4) is 18.1 Å². The lowest BCUT2D eigenvalue weighted by atomic mass is 9.98. The van der Waals surface area contributed by atoms with Crippen molar-refractivity contribution in [1.29, 1.82) is 0 Å². The highest BCUT2D eigenvalue weighted by Gasteiger charge is 2.22. The van der Waals surface area contributed by atoms with Gasteiger partial charge in [0.2, 0.25) is 5.91 Å². The molecule has 7 nitrogen and oxygen atoms in total.